The molecular formula is C12H20ClFN2. The summed E-state index contributed by atoms with van der Waals surface area (Å²) in [6, 6.07) is 2.74. The Morgan fingerprint density at radius 1 is 1.44 bits per heavy atom. The van der Waals surface area contributed by atoms with E-state index < -0.39 is 5.95 Å². The maximum Gasteiger partial charge on any atom is 0.214 e. The number of hydrogen-bond donors (Lipinski definition) is 1. The van der Waals surface area contributed by atoms with Crippen LogP contribution in [0.3, 0.4) is 0 Å². The summed E-state index contributed by atoms with van der Waals surface area (Å²) in [5, 5.41) is 0.175. The highest BCUT2D eigenvalue weighted by atomic mass is 35.5. The molecule has 92 valence electrons. The first-order chi connectivity index (χ1) is 7.65. The van der Waals surface area contributed by atoms with E-state index in [0.29, 0.717) is 0 Å². The van der Waals surface area contributed by atoms with Gasteiger partial charge in [0.1, 0.15) is 5.15 Å². The number of unbranched alkanes of at least 4 members (excludes halogenated alkanes) is 1. The maximum atomic E-state index is 12.6. The molecule has 1 aromatic heterocycles. The fourth-order valence-corrected chi connectivity index (χ4v) is 1.56. The highest BCUT2D eigenvalue weighted by molar-refractivity contribution is 6.30. The number of pyridine rings is 1. The second-order valence-corrected chi connectivity index (χ2v) is 3.62. The second kappa shape index (κ2) is 8.48. The number of rotatable bonds is 4. The van der Waals surface area contributed by atoms with Crippen molar-refractivity contribution < 1.29 is 4.39 Å². The van der Waals surface area contributed by atoms with Crippen LogP contribution in [0, 0.1) is 5.95 Å². The Hall–Kier alpha value is -0.670. The normalized spacial score (nSPS) is 11.6. The third-order valence-corrected chi connectivity index (χ3v) is 2.41. The zero-order valence-electron chi connectivity index (χ0n) is 10.1. The lowest BCUT2D eigenvalue weighted by Crippen LogP contribution is -2.11. The number of nitrogens with two attached hydrogens (primary N) is 1. The average Bonchev–Trinajstić information content (AvgIpc) is 2.28. The molecule has 0 saturated carbocycles. The monoisotopic (exact) mass is 246 g/mol. The topological polar surface area (TPSA) is 38.9 Å². The Morgan fingerprint density at radius 2 is 2.06 bits per heavy atom. The van der Waals surface area contributed by atoms with Crippen molar-refractivity contribution in [1.29, 1.82) is 0 Å². The third-order valence-electron chi connectivity index (χ3n) is 2.11. The fourth-order valence-electron chi connectivity index (χ4n) is 1.28. The standard InChI is InChI=1S/C10H14ClFN2.C2H6/c1-2-3-4-8(13)7-5-6-9(12)14-10(7)11;1-2/h5-6,8H,2-4,13H2,1H3;1-2H3. The maximum absolute atomic E-state index is 12.6. The van der Waals surface area contributed by atoms with Crippen molar-refractivity contribution in [3.05, 3.63) is 28.8 Å². The zero-order valence-corrected chi connectivity index (χ0v) is 10.9. The minimum Gasteiger partial charge on any atom is -0.324 e. The molecule has 0 aromatic carbocycles. The first kappa shape index (κ1) is 15.3. The lowest BCUT2D eigenvalue weighted by atomic mass is 10.0. The molecule has 1 unspecified atom stereocenters. The Bertz CT molecular complexity index is 305. The SMILES string of the molecule is CC.CCCCC(N)c1ccc(F)nc1Cl. The molecule has 2 N–H and O–H groups in total. The molecule has 0 saturated heterocycles. The van der Waals surface area contributed by atoms with Crippen LogP contribution in [0.4, 0.5) is 4.39 Å². The molecular weight excluding hydrogens is 227 g/mol. The van der Waals surface area contributed by atoms with Gasteiger partial charge in [-0.1, -0.05) is 45.2 Å². The van der Waals surface area contributed by atoms with Crippen LogP contribution in [0.1, 0.15) is 51.6 Å². The van der Waals surface area contributed by atoms with Crippen LogP contribution in [0.2, 0.25) is 5.15 Å². The Morgan fingerprint density at radius 3 is 2.56 bits per heavy atom. The van der Waals surface area contributed by atoms with Crippen LogP contribution in [0.25, 0.3) is 0 Å². The van der Waals surface area contributed by atoms with E-state index in [1.54, 1.807) is 6.07 Å². The molecule has 1 rings (SSSR count). The van der Waals surface area contributed by atoms with Gasteiger partial charge in [0.2, 0.25) is 5.95 Å². The van der Waals surface area contributed by atoms with Crippen LogP contribution in [-0.2, 0) is 0 Å². The van der Waals surface area contributed by atoms with Crippen molar-refractivity contribution in [2.45, 2.75) is 46.1 Å². The van der Waals surface area contributed by atoms with Crippen molar-refractivity contribution in [3.8, 4) is 0 Å². The molecule has 0 aliphatic heterocycles. The molecule has 1 atom stereocenters. The molecule has 0 fully saturated rings. The molecule has 0 spiro atoms. The Balaban J connectivity index is 0.00000106. The van der Waals surface area contributed by atoms with E-state index in [2.05, 4.69) is 11.9 Å². The van der Waals surface area contributed by atoms with E-state index in [1.165, 1.54) is 6.07 Å². The van der Waals surface area contributed by atoms with E-state index in [1.807, 2.05) is 13.8 Å². The van der Waals surface area contributed by atoms with Crippen molar-refractivity contribution in [2.24, 2.45) is 5.73 Å². The van der Waals surface area contributed by atoms with Gasteiger partial charge in [-0.15, -0.1) is 0 Å². The minimum atomic E-state index is -0.568. The predicted octanol–water partition coefficient (Wildman–Crippen LogP) is 4.09. The van der Waals surface area contributed by atoms with Gasteiger partial charge in [0, 0.05) is 11.6 Å². The first-order valence-corrected chi connectivity index (χ1v) is 6.10. The van der Waals surface area contributed by atoms with E-state index >= 15 is 0 Å². The van der Waals surface area contributed by atoms with Crippen LogP contribution < -0.4 is 5.73 Å². The van der Waals surface area contributed by atoms with Crippen molar-refractivity contribution in [2.75, 3.05) is 0 Å². The van der Waals surface area contributed by atoms with Crippen LogP contribution >= 0.6 is 11.6 Å². The van der Waals surface area contributed by atoms with Gasteiger partial charge < -0.3 is 5.73 Å². The highest BCUT2D eigenvalue weighted by Crippen LogP contribution is 2.23. The average molecular weight is 247 g/mol. The Labute approximate surface area is 102 Å². The van der Waals surface area contributed by atoms with Gasteiger partial charge in [-0.2, -0.15) is 4.39 Å². The van der Waals surface area contributed by atoms with Gasteiger partial charge in [0.25, 0.3) is 0 Å². The molecule has 0 radical (unpaired) electrons. The van der Waals surface area contributed by atoms with Gasteiger partial charge in [0.05, 0.1) is 0 Å². The van der Waals surface area contributed by atoms with Gasteiger partial charge in [-0.25, -0.2) is 4.98 Å². The largest absolute Gasteiger partial charge is 0.324 e. The highest BCUT2D eigenvalue weighted by Gasteiger charge is 2.11. The molecule has 1 aromatic rings. The number of halogens is 2. The van der Waals surface area contributed by atoms with E-state index in [9.17, 15) is 4.39 Å². The lowest BCUT2D eigenvalue weighted by molar-refractivity contribution is 0.570. The summed E-state index contributed by atoms with van der Waals surface area (Å²) in [6.07, 6.45) is 2.97. The molecule has 0 bridgehead atoms. The number of nitrogens with zero attached hydrogens (tertiary/aromatic N) is 1. The number of hydrogen-bond acceptors (Lipinski definition) is 2. The van der Waals surface area contributed by atoms with Crippen LogP contribution in [0.15, 0.2) is 12.1 Å². The predicted molar refractivity (Wildman–Crippen MR) is 67.0 cm³/mol. The van der Waals surface area contributed by atoms with Crippen molar-refractivity contribution in [1.82, 2.24) is 4.98 Å². The van der Waals surface area contributed by atoms with Crippen LogP contribution in [0.5, 0.6) is 0 Å². The van der Waals surface area contributed by atoms with Crippen molar-refractivity contribution >= 4 is 11.6 Å². The van der Waals surface area contributed by atoms with Gasteiger partial charge in [0.15, 0.2) is 0 Å². The molecule has 4 heteroatoms. The molecule has 0 aliphatic carbocycles. The summed E-state index contributed by atoms with van der Waals surface area (Å²) >= 11 is 5.77. The number of aromatic nitrogens is 1. The zero-order chi connectivity index (χ0) is 12.6. The molecule has 0 aliphatic rings. The van der Waals surface area contributed by atoms with E-state index in [4.69, 9.17) is 17.3 Å². The van der Waals surface area contributed by atoms with Gasteiger partial charge in [-0.05, 0) is 18.6 Å². The summed E-state index contributed by atoms with van der Waals surface area (Å²) in [7, 11) is 0. The lowest BCUT2D eigenvalue weighted by Gasteiger charge is -2.12. The molecule has 16 heavy (non-hydrogen) atoms. The Kier molecular flexibility index (Phi) is 8.12. The summed E-state index contributed by atoms with van der Waals surface area (Å²) in [5.41, 5.74) is 6.61. The van der Waals surface area contributed by atoms with Crippen LogP contribution in [-0.4, -0.2) is 4.98 Å². The van der Waals surface area contributed by atoms with E-state index in [0.717, 1.165) is 24.8 Å². The van der Waals surface area contributed by atoms with Crippen molar-refractivity contribution in [3.63, 3.8) is 0 Å². The summed E-state index contributed by atoms with van der Waals surface area (Å²) < 4.78 is 12.6. The fraction of sp³-hybridized carbons (Fsp3) is 0.583. The van der Waals surface area contributed by atoms with E-state index in [-0.39, 0.29) is 11.2 Å². The first-order valence-electron chi connectivity index (χ1n) is 5.72. The summed E-state index contributed by atoms with van der Waals surface area (Å²) in [5.74, 6) is -0.568. The second-order valence-electron chi connectivity index (χ2n) is 3.26. The quantitative estimate of drug-likeness (QED) is 0.813. The van der Waals surface area contributed by atoms with Gasteiger partial charge in [-0.3, -0.25) is 0 Å². The van der Waals surface area contributed by atoms with Gasteiger partial charge >= 0.3 is 0 Å². The minimum absolute atomic E-state index is 0.143. The summed E-state index contributed by atoms with van der Waals surface area (Å²) in [4.78, 5) is 3.52. The molecule has 1 heterocycles. The molecule has 0 amide bonds. The molecule has 2 nitrogen and oxygen atoms in total. The smallest absolute Gasteiger partial charge is 0.214 e. The summed E-state index contributed by atoms with van der Waals surface area (Å²) in [6.45, 7) is 6.09. The third kappa shape index (κ3) is 4.90.